The molecule has 1 N–H and O–H groups in total. The summed E-state index contributed by atoms with van der Waals surface area (Å²) < 4.78 is 15.1. The number of amides is 1. The van der Waals surface area contributed by atoms with Crippen LogP contribution in [0.3, 0.4) is 0 Å². The van der Waals surface area contributed by atoms with E-state index in [9.17, 15) is 19.5 Å². The number of rotatable bonds is 6. The number of hydrogen-bond acceptors (Lipinski definition) is 7. The molecule has 1 heterocycles. The second kappa shape index (κ2) is 8.47. The normalized spacial score (nSPS) is 23.8. The van der Waals surface area contributed by atoms with Gasteiger partial charge in [-0.05, 0) is 6.04 Å². The lowest BCUT2D eigenvalue weighted by atomic mass is 10.1. The minimum absolute atomic E-state index is 0.0700. The van der Waals surface area contributed by atoms with Crippen molar-refractivity contribution in [2.45, 2.75) is 57.2 Å². The maximum Gasteiger partial charge on any atom is 0.410 e. The fourth-order valence-corrected chi connectivity index (χ4v) is 3.29. The van der Waals surface area contributed by atoms with Gasteiger partial charge in [0.15, 0.2) is 0 Å². The Hall–Kier alpha value is -1.61. The van der Waals surface area contributed by atoms with Crippen LogP contribution >= 0.6 is 0 Å². The van der Waals surface area contributed by atoms with Gasteiger partial charge in [-0.2, -0.15) is 0 Å². The van der Waals surface area contributed by atoms with Crippen molar-refractivity contribution in [2.24, 2.45) is 0 Å². The van der Waals surface area contributed by atoms with Gasteiger partial charge in [0.1, 0.15) is 12.1 Å². The molecule has 3 atom stereocenters. The molecule has 0 aromatic heterocycles. The van der Waals surface area contributed by atoms with E-state index in [1.54, 1.807) is 0 Å². The zero-order valence-corrected chi connectivity index (χ0v) is 15.9. The first-order valence-electron chi connectivity index (χ1n) is 7.91. The van der Waals surface area contributed by atoms with Gasteiger partial charge in [0.2, 0.25) is 0 Å². The summed E-state index contributed by atoms with van der Waals surface area (Å²) in [7, 11) is -0.164. The maximum absolute atomic E-state index is 12.4. The SMILES string of the molecule is COC(=O)[C@@H]1C[C@H](OC(C)=O)[C@@H](CO)N1C(=O)OCC[Si](C)(C)C. The lowest BCUT2D eigenvalue weighted by Gasteiger charge is -2.28. The van der Waals surface area contributed by atoms with Crippen molar-refractivity contribution < 1.29 is 33.7 Å². The molecule has 1 saturated heterocycles. The van der Waals surface area contributed by atoms with Crippen molar-refractivity contribution in [1.29, 1.82) is 0 Å². The lowest BCUT2D eigenvalue weighted by molar-refractivity contribution is -0.148. The van der Waals surface area contributed by atoms with Gasteiger partial charge in [0.25, 0.3) is 0 Å². The molecule has 0 spiro atoms. The predicted octanol–water partition coefficient (Wildman–Crippen LogP) is 1.00. The summed E-state index contributed by atoms with van der Waals surface area (Å²) in [5.41, 5.74) is 0. The molecule has 0 unspecified atom stereocenters. The number of ether oxygens (including phenoxy) is 3. The minimum atomic E-state index is -1.38. The summed E-state index contributed by atoms with van der Waals surface area (Å²) in [5, 5.41) is 9.61. The Morgan fingerprint density at radius 3 is 2.33 bits per heavy atom. The van der Waals surface area contributed by atoms with E-state index < -0.39 is 50.9 Å². The maximum atomic E-state index is 12.4. The second-order valence-electron chi connectivity index (χ2n) is 7.00. The summed E-state index contributed by atoms with van der Waals surface area (Å²) in [6.07, 6.45) is -1.42. The van der Waals surface area contributed by atoms with Crippen molar-refractivity contribution >= 4 is 26.1 Å². The van der Waals surface area contributed by atoms with E-state index in [1.807, 2.05) is 0 Å². The van der Waals surface area contributed by atoms with Gasteiger partial charge >= 0.3 is 18.0 Å². The standard InChI is InChI=1S/C15H27NO7Si/c1-10(18)23-13-8-11(14(19)21-2)16(12(13)9-17)15(20)22-6-7-24(3,4)5/h11-13,17H,6-9H2,1-5H3/t11-,12+,13-/m0/s1. The van der Waals surface area contributed by atoms with Gasteiger partial charge in [-0.3, -0.25) is 9.69 Å². The summed E-state index contributed by atoms with van der Waals surface area (Å²) in [6, 6.07) is -1.000. The van der Waals surface area contributed by atoms with Crippen molar-refractivity contribution in [2.75, 3.05) is 20.3 Å². The molecule has 1 aliphatic rings. The van der Waals surface area contributed by atoms with Crippen molar-refractivity contribution in [3.8, 4) is 0 Å². The monoisotopic (exact) mass is 361 g/mol. The van der Waals surface area contributed by atoms with E-state index in [0.717, 1.165) is 10.9 Å². The lowest BCUT2D eigenvalue weighted by Crippen LogP contribution is -2.49. The molecule has 1 aliphatic heterocycles. The van der Waals surface area contributed by atoms with E-state index in [-0.39, 0.29) is 13.0 Å². The molecule has 8 nitrogen and oxygen atoms in total. The third-order valence-corrected chi connectivity index (χ3v) is 5.55. The topological polar surface area (TPSA) is 102 Å². The first-order chi connectivity index (χ1) is 11.1. The van der Waals surface area contributed by atoms with Gasteiger partial charge < -0.3 is 19.3 Å². The smallest absolute Gasteiger partial charge is 0.410 e. The van der Waals surface area contributed by atoms with Crippen LogP contribution in [0.4, 0.5) is 4.79 Å². The minimum Gasteiger partial charge on any atom is -0.467 e. The fourth-order valence-electron chi connectivity index (χ4n) is 2.57. The van der Waals surface area contributed by atoms with Gasteiger partial charge in [-0.25, -0.2) is 9.59 Å². The largest absolute Gasteiger partial charge is 0.467 e. The Morgan fingerprint density at radius 1 is 1.25 bits per heavy atom. The number of hydrogen-bond donors (Lipinski definition) is 1. The van der Waals surface area contributed by atoms with E-state index in [4.69, 9.17) is 14.2 Å². The van der Waals surface area contributed by atoms with E-state index in [1.165, 1.54) is 14.0 Å². The Kier molecular flexibility index (Phi) is 7.21. The molecule has 0 saturated carbocycles. The first-order valence-corrected chi connectivity index (χ1v) is 11.6. The highest BCUT2D eigenvalue weighted by atomic mass is 28.3. The van der Waals surface area contributed by atoms with Gasteiger partial charge in [0, 0.05) is 21.4 Å². The Labute approximate surface area is 143 Å². The molecule has 138 valence electrons. The Balaban J connectivity index is 2.88. The third kappa shape index (κ3) is 5.48. The van der Waals surface area contributed by atoms with Gasteiger partial charge in [-0.1, -0.05) is 19.6 Å². The zero-order chi connectivity index (χ0) is 18.5. The number of carbonyl (C=O) groups is 3. The number of likely N-dealkylation sites (tertiary alicyclic amines) is 1. The highest BCUT2D eigenvalue weighted by molar-refractivity contribution is 6.76. The summed E-state index contributed by atoms with van der Waals surface area (Å²) in [6.45, 7) is 7.49. The molecule has 0 aromatic rings. The molecule has 1 amide bonds. The van der Waals surface area contributed by atoms with Crippen LogP contribution < -0.4 is 0 Å². The molecule has 1 fully saturated rings. The molecule has 0 bridgehead atoms. The second-order valence-corrected chi connectivity index (χ2v) is 12.6. The van der Waals surface area contributed by atoms with E-state index in [0.29, 0.717) is 0 Å². The average molecular weight is 361 g/mol. The van der Waals surface area contributed by atoms with Crippen LogP contribution in [0.15, 0.2) is 0 Å². The number of nitrogens with zero attached hydrogens (tertiary/aromatic N) is 1. The number of esters is 2. The van der Waals surface area contributed by atoms with Crippen LogP contribution in [0.1, 0.15) is 13.3 Å². The van der Waals surface area contributed by atoms with Crippen LogP contribution in [0.5, 0.6) is 0 Å². The van der Waals surface area contributed by atoms with E-state index in [2.05, 4.69) is 19.6 Å². The number of methoxy groups -OCH3 is 1. The highest BCUT2D eigenvalue weighted by Gasteiger charge is 2.49. The van der Waals surface area contributed by atoms with E-state index >= 15 is 0 Å². The molecule has 24 heavy (non-hydrogen) atoms. The highest BCUT2D eigenvalue weighted by Crippen LogP contribution is 2.29. The molecular weight excluding hydrogens is 334 g/mol. The zero-order valence-electron chi connectivity index (χ0n) is 14.9. The average Bonchev–Trinajstić information content (AvgIpc) is 2.82. The van der Waals surface area contributed by atoms with Crippen LogP contribution in [0.2, 0.25) is 25.7 Å². The van der Waals surface area contributed by atoms with Crippen LogP contribution in [-0.2, 0) is 23.8 Å². The number of aliphatic hydroxyl groups excluding tert-OH is 1. The Bertz CT molecular complexity index is 477. The fraction of sp³-hybridized carbons (Fsp3) is 0.800. The van der Waals surface area contributed by atoms with Crippen molar-refractivity contribution in [3.63, 3.8) is 0 Å². The molecule has 0 radical (unpaired) electrons. The third-order valence-electron chi connectivity index (χ3n) is 3.84. The van der Waals surface area contributed by atoms with Gasteiger partial charge in [0.05, 0.1) is 26.4 Å². The van der Waals surface area contributed by atoms with Crippen molar-refractivity contribution in [3.05, 3.63) is 0 Å². The van der Waals surface area contributed by atoms with Crippen molar-refractivity contribution in [1.82, 2.24) is 4.90 Å². The molecule has 0 aliphatic carbocycles. The molecule has 9 heteroatoms. The molecular formula is C15H27NO7Si. The first kappa shape index (κ1) is 20.4. The summed E-state index contributed by atoms with van der Waals surface area (Å²) in [5.74, 6) is -1.18. The van der Waals surface area contributed by atoms with Crippen LogP contribution in [-0.4, -0.2) is 74.6 Å². The van der Waals surface area contributed by atoms with Gasteiger partial charge in [-0.15, -0.1) is 0 Å². The molecule has 0 aromatic carbocycles. The summed E-state index contributed by atoms with van der Waals surface area (Å²) >= 11 is 0. The predicted molar refractivity (Wildman–Crippen MR) is 88.2 cm³/mol. The Morgan fingerprint density at radius 2 is 1.88 bits per heavy atom. The van der Waals surface area contributed by atoms with Crippen LogP contribution in [0, 0.1) is 0 Å². The summed E-state index contributed by atoms with van der Waals surface area (Å²) in [4.78, 5) is 36.7. The van der Waals surface area contributed by atoms with Crippen LogP contribution in [0.25, 0.3) is 0 Å². The number of aliphatic hydroxyl groups is 1. The quantitative estimate of drug-likeness (QED) is 0.428. The molecule has 1 rings (SSSR count). The number of carbonyl (C=O) groups excluding carboxylic acids is 3.